The van der Waals surface area contributed by atoms with Gasteiger partial charge in [-0.15, -0.1) is 5.92 Å². The van der Waals surface area contributed by atoms with Crippen molar-refractivity contribution in [3.05, 3.63) is 23.8 Å². The molecule has 3 heteroatoms. The number of nitrogens with one attached hydrogen (secondary N) is 1. The highest BCUT2D eigenvalue weighted by molar-refractivity contribution is 5.41. The highest BCUT2D eigenvalue weighted by Crippen LogP contribution is 2.25. The Hall–Kier alpha value is -1.66. The van der Waals surface area contributed by atoms with Crippen LogP contribution in [0.1, 0.15) is 39.7 Å². The maximum atomic E-state index is 5.74. The molecule has 0 unspecified atom stereocenters. The van der Waals surface area contributed by atoms with Crippen molar-refractivity contribution in [3.8, 4) is 23.3 Å². The summed E-state index contributed by atoms with van der Waals surface area (Å²) in [7, 11) is 0. The van der Waals surface area contributed by atoms with Crippen LogP contribution in [0.5, 0.6) is 11.5 Å². The van der Waals surface area contributed by atoms with E-state index in [1.54, 1.807) is 0 Å². The Labute approximate surface area is 122 Å². The van der Waals surface area contributed by atoms with Crippen LogP contribution in [0.3, 0.4) is 0 Å². The van der Waals surface area contributed by atoms with Crippen molar-refractivity contribution in [1.29, 1.82) is 0 Å². The summed E-state index contributed by atoms with van der Waals surface area (Å²) in [6, 6.07) is 6.43. The molecule has 0 amide bonds. The van der Waals surface area contributed by atoms with E-state index < -0.39 is 0 Å². The third-order valence-corrected chi connectivity index (χ3v) is 2.69. The molecule has 1 aromatic rings. The molecule has 0 aliphatic carbocycles. The number of rotatable bonds is 8. The summed E-state index contributed by atoms with van der Waals surface area (Å²) in [5, 5.41) is 3.40. The molecule has 0 atom stereocenters. The minimum Gasteiger partial charge on any atom is -0.493 e. The van der Waals surface area contributed by atoms with Gasteiger partial charge in [-0.05, 0) is 19.4 Å². The molecule has 0 saturated carbocycles. The molecule has 0 saturated heterocycles. The van der Waals surface area contributed by atoms with Crippen molar-refractivity contribution in [2.45, 2.75) is 46.7 Å². The van der Waals surface area contributed by atoms with Gasteiger partial charge in [-0.2, -0.15) is 0 Å². The van der Waals surface area contributed by atoms with E-state index in [1.165, 1.54) is 0 Å². The van der Waals surface area contributed by atoms with Crippen molar-refractivity contribution in [3.63, 3.8) is 0 Å². The molecule has 1 rings (SSSR count). The summed E-state index contributed by atoms with van der Waals surface area (Å²) in [6.45, 7) is 10.1. The molecular weight excluding hydrogens is 250 g/mol. The fraction of sp³-hybridized carbons (Fsp3) is 0.529. The predicted octanol–water partition coefficient (Wildman–Crippen LogP) is 3.38. The smallest absolute Gasteiger partial charge is 0.149 e. The number of benzene rings is 1. The number of hydrogen-bond donors (Lipinski definition) is 1. The largest absolute Gasteiger partial charge is 0.493 e. The summed E-state index contributed by atoms with van der Waals surface area (Å²) in [5.41, 5.74) is 1.13. The highest BCUT2D eigenvalue weighted by Gasteiger charge is 2.06. The average Bonchev–Trinajstić information content (AvgIpc) is 2.44. The van der Waals surface area contributed by atoms with Gasteiger partial charge in [0, 0.05) is 24.2 Å². The minimum absolute atomic E-state index is 0.405. The van der Waals surface area contributed by atoms with Gasteiger partial charge in [0.15, 0.2) is 0 Å². The first-order valence-corrected chi connectivity index (χ1v) is 7.18. The van der Waals surface area contributed by atoms with E-state index >= 15 is 0 Å². The van der Waals surface area contributed by atoms with Crippen LogP contribution in [0.2, 0.25) is 0 Å². The summed E-state index contributed by atoms with van der Waals surface area (Å²) in [6.07, 6.45) is 0.994. The van der Waals surface area contributed by atoms with Crippen LogP contribution in [0, 0.1) is 11.8 Å². The third-order valence-electron chi connectivity index (χ3n) is 2.69. The van der Waals surface area contributed by atoms with E-state index in [2.05, 4.69) is 44.0 Å². The second-order valence-electron chi connectivity index (χ2n) is 4.87. The number of ether oxygens (including phenoxy) is 2. The fourth-order valence-corrected chi connectivity index (χ4v) is 1.63. The lowest BCUT2D eigenvalue weighted by Crippen LogP contribution is -2.22. The number of hydrogen-bond acceptors (Lipinski definition) is 3. The molecule has 0 fully saturated rings. The van der Waals surface area contributed by atoms with Crippen LogP contribution in [-0.4, -0.2) is 19.3 Å². The van der Waals surface area contributed by atoms with Crippen molar-refractivity contribution in [1.82, 2.24) is 5.32 Å². The lowest BCUT2D eigenvalue weighted by Gasteiger charge is -2.14. The average molecular weight is 275 g/mol. The second kappa shape index (κ2) is 9.28. The van der Waals surface area contributed by atoms with Gasteiger partial charge in [-0.1, -0.05) is 32.8 Å². The van der Waals surface area contributed by atoms with Crippen LogP contribution < -0.4 is 14.8 Å². The summed E-state index contributed by atoms with van der Waals surface area (Å²) < 4.78 is 11.4. The van der Waals surface area contributed by atoms with Gasteiger partial charge < -0.3 is 14.8 Å². The Morgan fingerprint density at radius 1 is 1.25 bits per heavy atom. The first-order chi connectivity index (χ1) is 9.67. The lowest BCUT2D eigenvalue weighted by molar-refractivity contribution is 0.311. The monoisotopic (exact) mass is 275 g/mol. The maximum absolute atomic E-state index is 5.74. The Morgan fingerprint density at radius 2 is 2.05 bits per heavy atom. The van der Waals surface area contributed by atoms with Gasteiger partial charge in [0.1, 0.15) is 18.1 Å². The lowest BCUT2D eigenvalue weighted by atomic mass is 10.2. The molecule has 0 heterocycles. The van der Waals surface area contributed by atoms with Gasteiger partial charge in [-0.25, -0.2) is 0 Å². The molecule has 1 aromatic carbocycles. The maximum Gasteiger partial charge on any atom is 0.149 e. The quantitative estimate of drug-likeness (QED) is 0.738. The van der Waals surface area contributed by atoms with Crippen LogP contribution in [0.25, 0.3) is 0 Å². The van der Waals surface area contributed by atoms with E-state index in [0.29, 0.717) is 12.6 Å². The summed E-state index contributed by atoms with van der Waals surface area (Å²) in [5.74, 6) is 7.44. The van der Waals surface area contributed by atoms with E-state index in [0.717, 1.165) is 36.6 Å². The standard InChI is InChI=1S/C17H25NO2/c1-5-7-11-20-17-12-16(19-10-6-2)9-8-15(17)13-18-14(3)4/h8-9,12,14,18H,6,10-11,13H2,1-4H3. The zero-order chi connectivity index (χ0) is 14.8. The van der Waals surface area contributed by atoms with Crippen LogP contribution in [0.4, 0.5) is 0 Å². The van der Waals surface area contributed by atoms with Crippen molar-refractivity contribution >= 4 is 0 Å². The molecule has 0 aromatic heterocycles. The molecule has 3 nitrogen and oxygen atoms in total. The van der Waals surface area contributed by atoms with Crippen LogP contribution in [-0.2, 0) is 6.54 Å². The van der Waals surface area contributed by atoms with E-state index in [9.17, 15) is 0 Å². The predicted molar refractivity (Wildman–Crippen MR) is 83.1 cm³/mol. The zero-order valence-electron chi connectivity index (χ0n) is 13.0. The Morgan fingerprint density at radius 3 is 2.70 bits per heavy atom. The normalized spacial score (nSPS) is 10.1. The van der Waals surface area contributed by atoms with Crippen molar-refractivity contribution < 1.29 is 9.47 Å². The van der Waals surface area contributed by atoms with Crippen molar-refractivity contribution in [2.75, 3.05) is 13.2 Å². The van der Waals surface area contributed by atoms with Crippen molar-refractivity contribution in [2.24, 2.45) is 0 Å². The van der Waals surface area contributed by atoms with E-state index in [-0.39, 0.29) is 0 Å². The van der Waals surface area contributed by atoms with Gasteiger partial charge in [0.2, 0.25) is 0 Å². The molecule has 0 aliphatic rings. The summed E-state index contributed by atoms with van der Waals surface area (Å²) >= 11 is 0. The topological polar surface area (TPSA) is 30.5 Å². The molecule has 0 radical (unpaired) electrons. The molecule has 0 bridgehead atoms. The third kappa shape index (κ3) is 5.99. The first-order valence-electron chi connectivity index (χ1n) is 7.18. The zero-order valence-corrected chi connectivity index (χ0v) is 13.0. The van der Waals surface area contributed by atoms with Crippen LogP contribution in [0.15, 0.2) is 18.2 Å². The second-order valence-corrected chi connectivity index (χ2v) is 4.87. The van der Waals surface area contributed by atoms with E-state index in [1.807, 2.05) is 19.1 Å². The van der Waals surface area contributed by atoms with Gasteiger partial charge >= 0.3 is 0 Å². The summed E-state index contributed by atoms with van der Waals surface area (Å²) in [4.78, 5) is 0. The molecule has 0 spiro atoms. The van der Waals surface area contributed by atoms with Gasteiger partial charge in [-0.3, -0.25) is 0 Å². The molecular formula is C17H25NO2. The molecule has 0 aliphatic heterocycles. The van der Waals surface area contributed by atoms with Gasteiger partial charge in [0.25, 0.3) is 0 Å². The Kier molecular flexibility index (Phi) is 7.60. The molecule has 110 valence electrons. The highest BCUT2D eigenvalue weighted by atomic mass is 16.5. The first kappa shape index (κ1) is 16.4. The van der Waals surface area contributed by atoms with Crippen LogP contribution >= 0.6 is 0 Å². The molecule has 1 N–H and O–H groups in total. The molecule has 20 heavy (non-hydrogen) atoms. The fourth-order valence-electron chi connectivity index (χ4n) is 1.63. The minimum atomic E-state index is 0.405. The van der Waals surface area contributed by atoms with Gasteiger partial charge in [0.05, 0.1) is 6.61 Å². The van der Waals surface area contributed by atoms with E-state index in [4.69, 9.17) is 9.47 Å². The Bertz CT molecular complexity index is 458. The Balaban J connectivity index is 2.80. The SMILES string of the molecule is CC#CCOc1cc(OCCC)ccc1CNC(C)C.